The van der Waals surface area contributed by atoms with E-state index in [9.17, 15) is 4.79 Å². The van der Waals surface area contributed by atoms with E-state index in [0.29, 0.717) is 11.8 Å². The lowest BCUT2D eigenvalue weighted by molar-refractivity contribution is -0.136. The Morgan fingerprint density at radius 3 is 2.65 bits per heavy atom. The van der Waals surface area contributed by atoms with E-state index in [4.69, 9.17) is 0 Å². The molecule has 0 unspecified atom stereocenters. The van der Waals surface area contributed by atoms with Gasteiger partial charge < -0.3 is 10.2 Å². The van der Waals surface area contributed by atoms with Crippen molar-refractivity contribution in [3.63, 3.8) is 0 Å². The lowest BCUT2D eigenvalue weighted by Crippen LogP contribution is -2.53. The van der Waals surface area contributed by atoms with Crippen molar-refractivity contribution in [1.29, 1.82) is 0 Å². The lowest BCUT2D eigenvalue weighted by atomic mass is 9.85. The van der Waals surface area contributed by atoms with Crippen LogP contribution in [0.15, 0.2) is 0 Å². The van der Waals surface area contributed by atoms with Crippen LogP contribution < -0.4 is 5.32 Å². The highest BCUT2D eigenvalue weighted by atomic mass is 16.2. The Morgan fingerprint density at radius 2 is 2.00 bits per heavy atom. The first-order valence-electron chi connectivity index (χ1n) is 7.15. The Bertz CT molecular complexity index is 269. The molecule has 0 aromatic heterocycles. The summed E-state index contributed by atoms with van der Waals surface area (Å²) in [5.74, 6) is 1.03. The third kappa shape index (κ3) is 2.82. The van der Waals surface area contributed by atoms with Crippen LogP contribution in [0.1, 0.15) is 52.4 Å². The van der Waals surface area contributed by atoms with Crippen molar-refractivity contribution in [2.75, 3.05) is 19.6 Å². The normalized spacial score (nSPS) is 23.6. The standard InChI is InChI=1S/C14H26N2O/c1-12(2)4-5-13(17)16-11-3-6-14(16)7-9-15-10-8-14/h12,15H,3-11H2,1-2H3. The Hall–Kier alpha value is -0.570. The molecule has 2 rings (SSSR count). The minimum absolute atomic E-state index is 0.222. The number of nitrogens with one attached hydrogen (secondary N) is 1. The van der Waals surface area contributed by atoms with Gasteiger partial charge in [-0.3, -0.25) is 4.79 Å². The van der Waals surface area contributed by atoms with Gasteiger partial charge in [-0.05, 0) is 51.1 Å². The minimum Gasteiger partial charge on any atom is -0.337 e. The summed E-state index contributed by atoms with van der Waals surface area (Å²) in [5, 5.41) is 3.41. The molecule has 1 N–H and O–H groups in total. The van der Waals surface area contributed by atoms with Gasteiger partial charge in [-0.1, -0.05) is 13.8 Å². The van der Waals surface area contributed by atoms with E-state index in [0.717, 1.165) is 45.3 Å². The molecule has 0 aromatic carbocycles. The van der Waals surface area contributed by atoms with Crippen LogP contribution in [0.2, 0.25) is 0 Å². The van der Waals surface area contributed by atoms with Crippen LogP contribution in [-0.4, -0.2) is 36.0 Å². The third-order valence-corrected chi connectivity index (χ3v) is 4.37. The molecular formula is C14H26N2O. The molecule has 17 heavy (non-hydrogen) atoms. The maximum absolute atomic E-state index is 12.3. The number of carbonyl (C=O) groups is 1. The van der Waals surface area contributed by atoms with Gasteiger partial charge >= 0.3 is 0 Å². The van der Waals surface area contributed by atoms with Crippen LogP contribution >= 0.6 is 0 Å². The van der Waals surface area contributed by atoms with Gasteiger partial charge in [-0.25, -0.2) is 0 Å². The number of amides is 1. The van der Waals surface area contributed by atoms with Crippen LogP contribution in [0.3, 0.4) is 0 Å². The maximum Gasteiger partial charge on any atom is 0.223 e. The van der Waals surface area contributed by atoms with Crippen LogP contribution in [0.5, 0.6) is 0 Å². The van der Waals surface area contributed by atoms with E-state index in [-0.39, 0.29) is 5.54 Å². The molecular weight excluding hydrogens is 212 g/mol. The van der Waals surface area contributed by atoms with E-state index < -0.39 is 0 Å². The van der Waals surface area contributed by atoms with Crippen molar-refractivity contribution in [3.05, 3.63) is 0 Å². The first-order valence-corrected chi connectivity index (χ1v) is 7.15. The first kappa shape index (κ1) is 12.9. The molecule has 2 saturated heterocycles. The van der Waals surface area contributed by atoms with Gasteiger partial charge in [-0.2, -0.15) is 0 Å². The maximum atomic E-state index is 12.3. The molecule has 3 nitrogen and oxygen atoms in total. The second-order valence-corrected chi connectivity index (χ2v) is 6.06. The van der Waals surface area contributed by atoms with E-state index in [1.165, 1.54) is 12.8 Å². The highest BCUT2D eigenvalue weighted by Gasteiger charge is 2.43. The number of carbonyl (C=O) groups excluding carboxylic acids is 1. The molecule has 2 aliphatic rings. The zero-order chi connectivity index (χ0) is 12.3. The average Bonchev–Trinajstić information content (AvgIpc) is 2.70. The lowest BCUT2D eigenvalue weighted by Gasteiger charge is -2.42. The molecule has 0 radical (unpaired) electrons. The van der Waals surface area contributed by atoms with Crippen molar-refractivity contribution >= 4 is 5.91 Å². The molecule has 98 valence electrons. The summed E-state index contributed by atoms with van der Waals surface area (Å²) in [6, 6.07) is 0. The van der Waals surface area contributed by atoms with Gasteiger partial charge in [0.2, 0.25) is 5.91 Å². The summed E-state index contributed by atoms with van der Waals surface area (Å²) >= 11 is 0. The van der Waals surface area contributed by atoms with Gasteiger partial charge in [0, 0.05) is 18.5 Å². The van der Waals surface area contributed by atoms with Crippen molar-refractivity contribution in [3.8, 4) is 0 Å². The number of nitrogens with zero attached hydrogens (tertiary/aromatic N) is 1. The fourth-order valence-electron chi connectivity index (χ4n) is 3.29. The fourth-order valence-corrected chi connectivity index (χ4v) is 3.29. The molecule has 2 aliphatic heterocycles. The molecule has 2 heterocycles. The highest BCUT2D eigenvalue weighted by molar-refractivity contribution is 5.77. The largest absolute Gasteiger partial charge is 0.337 e. The Morgan fingerprint density at radius 1 is 1.29 bits per heavy atom. The topological polar surface area (TPSA) is 32.3 Å². The first-order chi connectivity index (χ1) is 8.14. The predicted octanol–water partition coefficient (Wildman–Crippen LogP) is 2.17. The predicted molar refractivity (Wildman–Crippen MR) is 69.9 cm³/mol. The van der Waals surface area contributed by atoms with Crippen molar-refractivity contribution in [1.82, 2.24) is 10.2 Å². The second-order valence-electron chi connectivity index (χ2n) is 6.06. The summed E-state index contributed by atoms with van der Waals surface area (Å²) in [5.41, 5.74) is 0.222. The van der Waals surface area contributed by atoms with Gasteiger partial charge in [0.15, 0.2) is 0 Å². The van der Waals surface area contributed by atoms with Crippen LogP contribution in [0.25, 0.3) is 0 Å². The van der Waals surface area contributed by atoms with Gasteiger partial charge in [0.25, 0.3) is 0 Å². The molecule has 0 aliphatic carbocycles. The monoisotopic (exact) mass is 238 g/mol. The smallest absolute Gasteiger partial charge is 0.223 e. The molecule has 0 bridgehead atoms. The number of hydrogen-bond acceptors (Lipinski definition) is 2. The Labute approximate surface area is 105 Å². The molecule has 3 heteroatoms. The summed E-state index contributed by atoms with van der Waals surface area (Å²) < 4.78 is 0. The fraction of sp³-hybridized carbons (Fsp3) is 0.929. The zero-order valence-electron chi connectivity index (χ0n) is 11.3. The van der Waals surface area contributed by atoms with E-state index in [2.05, 4.69) is 24.1 Å². The zero-order valence-corrected chi connectivity index (χ0v) is 11.3. The van der Waals surface area contributed by atoms with Crippen LogP contribution in [-0.2, 0) is 4.79 Å². The van der Waals surface area contributed by atoms with Gasteiger partial charge in [0.1, 0.15) is 0 Å². The Kier molecular flexibility index (Phi) is 4.08. The number of rotatable bonds is 3. The van der Waals surface area contributed by atoms with Crippen LogP contribution in [0, 0.1) is 5.92 Å². The number of piperidine rings is 1. The highest BCUT2D eigenvalue weighted by Crippen LogP contribution is 2.37. The molecule has 1 amide bonds. The summed E-state index contributed by atoms with van der Waals surface area (Å²) in [6.07, 6.45) is 6.51. The van der Waals surface area contributed by atoms with E-state index in [1.807, 2.05) is 0 Å². The Balaban J connectivity index is 1.96. The van der Waals surface area contributed by atoms with Crippen LogP contribution in [0.4, 0.5) is 0 Å². The average molecular weight is 238 g/mol. The molecule has 0 atom stereocenters. The summed E-state index contributed by atoms with van der Waals surface area (Å²) in [7, 11) is 0. The molecule has 2 fully saturated rings. The van der Waals surface area contributed by atoms with Gasteiger partial charge in [-0.15, -0.1) is 0 Å². The van der Waals surface area contributed by atoms with Crippen molar-refractivity contribution in [2.45, 2.75) is 57.9 Å². The third-order valence-electron chi connectivity index (χ3n) is 4.37. The SMILES string of the molecule is CC(C)CCC(=O)N1CCCC12CCNCC2. The van der Waals surface area contributed by atoms with Crippen molar-refractivity contribution in [2.24, 2.45) is 5.92 Å². The number of likely N-dealkylation sites (tertiary alicyclic amines) is 1. The molecule has 0 aromatic rings. The summed E-state index contributed by atoms with van der Waals surface area (Å²) in [6.45, 7) is 7.54. The second kappa shape index (κ2) is 5.38. The quantitative estimate of drug-likeness (QED) is 0.817. The van der Waals surface area contributed by atoms with E-state index >= 15 is 0 Å². The molecule has 0 saturated carbocycles. The number of hydrogen-bond donors (Lipinski definition) is 1. The molecule has 1 spiro atoms. The minimum atomic E-state index is 0.222. The van der Waals surface area contributed by atoms with Crippen molar-refractivity contribution < 1.29 is 4.79 Å². The summed E-state index contributed by atoms with van der Waals surface area (Å²) in [4.78, 5) is 14.5. The van der Waals surface area contributed by atoms with Gasteiger partial charge in [0.05, 0.1) is 0 Å². The van der Waals surface area contributed by atoms with E-state index in [1.54, 1.807) is 0 Å².